The normalized spacial score (nSPS) is 12.6. The van der Waals surface area contributed by atoms with E-state index in [1.807, 2.05) is 0 Å². The molecule has 0 unspecified atom stereocenters. The first-order valence-corrected chi connectivity index (χ1v) is 12.2. The molecule has 28 heavy (non-hydrogen) atoms. The summed E-state index contributed by atoms with van der Waals surface area (Å²) in [5.41, 5.74) is 1.83. The Bertz CT molecular complexity index is 628. The fraction of sp³-hybridized carbons (Fsp3) is 0.727. The molecule has 0 bridgehead atoms. The number of carbonyl (C=O) groups is 1. The van der Waals surface area contributed by atoms with E-state index in [0.717, 1.165) is 42.8 Å². The van der Waals surface area contributed by atoms with Crippen LogP contribution in [0.3, 0.4) is 0 Å². The summed E-state index contributed by atoms with van der Waals surface area (Å²) < 4.78 is 4.98. The summed E-state index contributed by atoms with van der Waals surface area (Å²) >= 11 is 7.07. The molecule has 1 aliphatic carbocycles. The molecular weight excluding hydrogens is 388 g/mol. The second-order valence-electron chi connectivity index (χ2n) is 7.62. The van der Waals surface area contributed by atoms with Gasteiger partial charge < -0.3 is 15.4 Å². The van der Waals surface area contributed by atoms with E-state index in [-0.39, 0.29) is 5.97 Å². The molecule has 6 heteroatoms. The van der Waals surface area contributed by atoms with Crippen molar-refractivity contribution in [2.75, 3.05) is 19.0 Å². The maximum atomic E-state index is 12.2. The van der Waals surface area contributed by atoms with Crippen molar-refractivity contribution in [1.29, 1.82) is 0 Å². The maximum Gasteiger partial charge on any atom is 0.341 e. The SMILES string of the molecule is CCCCCCCCCCCCNC(=S)Nc1sc2c(c1C(=O)OC)CCC2. The van der Waals surface area contributed by atoms with Gasteiger partial charge in [-0.05, 0) is 43.5 Å². The third-order valence-electron chi connectivity index (χ3n) is 5.35. The van der Waals surface area contributed by atoms with E-state index < -0.39 is 0 Å². The van der Waals surface area contributed by atoms with E-state index in [4.69, 9.17) is 17.0 Å². The zero-order valence-corrected chi connectivity index (χ0v) is 19.2. The lowest BCUT2D eigenvalue weighted by Crippen LogP contribution is -2.29. The lowest BCUT2D eigenvalue weighted by molar-refractivity contribution is 0.0601. The number of rotatable bonds is 13. The van der Waals surface area contributed by atoms with Gasteiger partial charge in [-0.25, -0.2) is 4.79 Å². The number of nitrogens with one attached hydrogen (secondary N) is 2. The van der Waals surface area contributed by atoms with Gasteiger partial charge in [0.2, 0.25) is 0 Å². The highest BCUT2D eigenvalue weighted by atomic mass is 32.1. The number of thiocarbonyl (C=S) groups is 1. The molecule has 0 atom stereocenters. The number of anilines is 1. The quantitative estimate of drug-likeness (QED) is 0.223. The Balaban J connectivity index is 1.60. The monoisotopic (exact) mass is 424 g/mol. The van der Waals surface area contributed by atoms with Gasteiger partial charge in [-0.1, -0.05) is 64.7 Å². The number of carbonyl (C=O) groups excluding carboxylic acids is 1. The van der Waals surface area contributed by atoms with Crippen LogP contribution < -0.4 is 10.6 Å². The highest BCUT2D eigenvalue weighted by molar-refractivity contribution is 7.80. The fourth-order valence-corrected chi connectivity index (χ4v) is 5.32. The Morgan fingerprint density at radius 3 is 2.32 bits per heavy atom. The minimum Gasteiger partial charge on any atom is -0.465 e. The third kappa shape index (κ3) is 7.36. The number of esters is 1. The number of ether oxygens (including phenoxy) is 1. The standard InChI is InChI=1S/C22H36N2O2S2/c1-3-4-5-6-7-8-9-10-11-12-16-23-22(27)24-20-19(21(25)26-2)17-14-13-15-18(17)28-20/h3-16H2,1-2H3,(H2,23,24,27). The molecule has 0 amide bonds. The van der Waals surface area contributed by atoms with Crippen molar-refractivity contribution in [2.45, 2.75) is 90.4 Å². The van der Waals surface area contributed by atoms with Crippen LogP contribution in [0.1, 0.15) is 98.4 Å². The predicted octanol–water partition coefficient (Wildman–Crippen LogP) is 6.23. The van der Waals surface area contributed by atoms with E-state index in [0.29, 0.717) is 10.7 Å². The van der Waals surface area contributed by atoms with Gasteiger partial charge in [0, 0.05) is 11.4 Å². The Kier molecular flexibility index (Phi) is 10.9. The molecule has 1 heterocycles. The Labute approximate surface area is 179 Å². The predicted molar refractivity (Wildman–Crippen MR) is 124 cm³/mol. The summed E-state index contributed by atoms with van der Waals surface area (Å²) in [7, 11) is 1.44. The number of hydrogen-bond acceptors (Lipinski definition) is 4. The van der Waals surface area contributed by atoms with E-state index in [1.54, 1.807) is 11.3 Å². The van der Waals surface area contributed by atoms with Crippen molar-refractivity contribution < 1.29 is 9.53 Å². The van der Waals surface area contributed by atoms with Crippen LogP contribution in [0.4, 0.5) is 5.00 Å². The third-order valence-corrected chi connectivity index (χ3v) is 6.81. The molecule has 0 saturated carbocycles. The number of aryl methyl sites for hydroxylation is 1. The Morgan fingerprint density at radius 2 is 1.68 bits per heavy atom. The van der Waals surface area contributed by atoms with Crippen LogP contribution in [0.2, 0.25) is 0 Å². The smallest absolute Gasteiger partial charge is 0.341 e. The van der Waals surface area contributed by atoms with Gasteiger partial charge >= 0.3 is 5.97 Å². The molecular formula is C22H36N2O2S2. The maximum absolute atomic E-state index is 12.2. The summed E-state index contributed by atoms with van der Waals surface area (Å²) in [6.45, 7) is 3.14. The lowest BCUT2D eigenvalue weighted by atomic mass is 10.1. The van der Waals surface area contributed by atoms with Crippen molar-refractivity contribution in [3.63, 3.8) is 0 Å². The zero-order chi connectivity index (χ0) is 20.2. The van der Waals surface area contributed by atoms with Crippen LogP contribution in [0.15, 0.2) is 0 Å². The van der Waals surface area contributed by atoms with Crippen LogP contribution >= 0.6 is 23.6 Å². The van der Waals surface area contributed by atoms with Gasteiger partial charge in [-0.2, -0.15) is 0 Å². The van der Waals surface area contributed by atoms with Crippen molar-refractivity contribution in [3.05, 3.63) is 16.0 Å². The van der Waals surface area contributed by atoms with Crippen LogP contribution in [0, 0.1) is 0 Å². The van der Waals surface area contributed by atoms with Crippen molar-refractivity contribution in [3.8, 4) is 0 Å². The molecule has 1 aromatic heterocycles. The van der Waals surface area contributed by atoms with Crippen molar-refractivity contribution >= 4 is 39.6 Å². The molecule has 2 N–H and O–H groups in total. The molecule has 2 rings (SSSR count). The number of unbranched alkanes of at least 4 members (excludes halogenated alkanes) is 9. The highest BCUT2D eigenvalue weighted by Gasteiger charge is 2.27. The van der Waals surface area contributed by atoms with E-state index in [1.165, 1.54) is 69.8 Å². The number of hydrogen-bond donors (Lipinski definition) is 2. The second-order valence-corrected chi connectivity index (χ2v) is 9.13. The van der Waals surface area contributed by atoms with Crippen LogP contribution in [-0.4, -0.2) is 24.7 Å². The Morgan fingerprint density at radius 1 is 1.04 bits per heavy atom. The fourth-order valence-electron chi connectivity index (χ4n) is 3.77. The van der Waals surface area contributed by atoms with E-state index in [9.17, 15) is 4.79 Å². The van der Waals surface area contributed by atoms with Gasteiger partial charge in [0.15, 0.2) is 5.11 Å². The van der Waals surface area contributed by atoms with E-state index >= 15 is 0 Å². The number of thiophene rings is 1. The van der Waals surface area contributed by atoms with Gasteiger partial charge in [0.05, 0.1) is 12.7 Å². The average Bonchev–Trinajstić information content (AvgIpc) is 3.26. The summed E-state index contributed by atoms with van der Waals surface area (Å²) in [5, 5.41) is 7.94. The molecule has 0 radical (unpaired) electrons. The average molecular weight is 425 g/mol. The number of methoxy groups -OCH3 is 1. The van der Waals surface area contributed by atoms with E-state index in [2.05, 4.69) is 17.6 Å². The Hall–Kier alpha value is -1.14. The molecule has 0 spiro atoms. The molecule has 1 aromatic rings. The summed E-state index contributed by atoms with van der Waals surface area (Å²) in [6.07, 6.45) is 16.4. The topological polar surface area (TPSA) is 50.4 Å². The second kappa shape index (κ2) is 13.2. The van der Waals surface area contributed by atoms with Crippen LogP contribution in [0.5, 0.6) is 0 Å². The zero-order valence-electron chi connectivity index (χ0n) is 17.5. The first kappa shape index (κ1) is 23.1. The molecule has 4 nitrogen and oxygen atoms in total. The minimum absolute atomic E-state index is 0.264. The highest BCUT2D eigenvalue weighted by Crippen LogP contribution is 2.39. The molecule has 0 saturated heterocycles. The molecule has 0 fully saturated rings. The molecule has 158 valence electrons. The van der Waals surface area contributed by atoms with Crippen LogP contribution in [0.25, 0.3) is 0 Å². The first-order chi connectivity index (χ1) is 13.7. The summed E-state index contributed by atoms with van der Waals surface area (Å²) in [5.74, 6) is -0.264. The van der Waals surface area contributed by atoms with Crippen molar-refractivity contribution in [2.24, 2.45) is 0 Å². The van der Waals surface area contributed by atoms with Gasteiger partial charge in [0.1, 0.15) is 5.00 Å². The van der Waals surface area contributed by atoms with Crippen molar-refractivity contribution in [1.82, 2.24) is 5.32 Å². The van der Waals surface area contributed by atoms with Gasteiger partial charge in [-0.15, -0.1) is 11.3 Å². The molecule has 0 aliphatic heterocycles. The molecule has 1 aliphatic rings. The van der Waals surface area contributed by atoms with Crippen LogP contribution in [-0.2, 0) is 17.6 Å². The largest absolute Gasteiger partial charge is 0.465 e. The van der Waals surface area contributed by atoms with Gasteiger partial charge in [-0.3, -0.25) is 0 Å². The van der Waals surface area contributed by atoms with Gasteiger partial charge in [0.25, 0.3) is 0 Å². The number of fused-ring (bicyclic) bond motifs is 1. The summed E-state index contributed by atoms with van der Waals surface area (Å²) in [6, 6.07) is 0. The molecule has 0 aromatic carbocycles. The minimum atomic E-state index is -0.264. The lowest BCUT2D eigenvalue weighted by Gasteiger charge is -2.11. The first-order valence-electron chi connectivity index (χ1n) is 10.9. The summed E-state index contributed by atoms with van der Waals surface area (Å²) in [4.78, 5) is 13.5.